The van der Waals surface area contributed by atoms with E-state index in [9.17, 15) is 14.7 Å². The summed E-state index contributed by atoms with van der Waals surface area (Å²) in [7, 11) is 1.43. The number of aromatic hydroxyl groups is 1. The molecule has 0 radical (unpaired) electrons. The van der Waals surface area contributed by atoms with Crippen molar-refractivity contribution in [1.29, 1.82) is 0 Å². The standard InChI is InChI=1S/C14H12N2O5/c1-21-8-2-3-9(14(19)20)11(6-8)16-13(18)10-4-5-15-7-12(10)17/h2-7,17H,1H3,(H,16,18)(H,19,20). The molecule has 21 heavy (non-hydrogen) atoms. The molecule has 2 aromatic rings. The number of pyridine rings is 1. The summed E-state index contributed by atoms with van der Waals surface area (Å²) in [6.07, 6.45) is 2.47. The molecule has 7 heteroatoms. The molecule has 0 saturated heterocycles. The van der Waals surface area contributed by atoms with Crippen LogP contribution in [0, 0.1) is 0 Å². The fourth-order valence-corrected chi connectivity index (χ4v) is 1.71. The van der Waals surface area contributed by atoms with Crippen molar-refractivity contribution in [2.24, 2.45) is 0 Å². The highest BCUT2D eigenvalue weighted by atomic mass is 16.5. The molecule has 0 aliphatic heterocycles. The Labute approximate surface area is 119 Å². The van der Waals surface area contributed by atoms with Crippen molar-refractivity contribution in [3.8, 4) is 11.5 Å². The lowest BCUT2D eigenvalue weighted by atomic mass is 10.1. The van der Waals surface area contributed by atoms with Crippen LogP contribution in [0.5, 0.6) is 11.5 Å². The van der Waals surface area contributed by atoms with Crippen LogP contribution in [0.1, 0.15) is 20.7 Å². The molecule has 0 atom stereocenters. The lowest BCUT2D eigenvalue weighted by Crippen LogP contribution is -2.15. The zero-order chi connectivity index (χ0) is 15.4. The number of hydrogen-bond acceptors (Lipinski definition) is 5. The third-order valence-corrected chi connectivity index (χ3v) is 2.75. The van der Waals surface area contributed by atoms with Gasteiger partial charge < -0.3 is 20.3 Å². The molecule has 1 aromatic carbocycles. The van der Waals surface area contributed by atoms with Crippen LogP contribution < -0.4 is 10.1 Å². The summed E-state index contributed by atoms with van der Waals surface area (Å²) in [4.78, 5) is 26.9. The van der Waals surface area contributed by atoms with Crippen molar-refractivity contribution < 1.29 is 24.5 Å². The second-order valence-corrected chi connectivity index (χ2v) is 4.06. The molecule has 0 saturated carbocycles. The maximum absolute atomic E-state index is 12.1. The van der Waals surface area contributed by atoms with E-state index in [0.29, 0.717) is 5.75 Å². The molecule has 1 amide bonds. The number of carboxylic acid groups (broad SMARTS) is 1. The van der Waals surface area contributed by atoms with Crippen LogP contribution in [0.25, 0.3) is 0 Å². The van der Waals surface area contributed by atoms with Gasteiger partial charge in [0.15, 0.2) is 0 Å². The van der Waals surface area contributed by atoms with Gasteiger partial charge in [-0.2, -0.15) is 0 Å². The van der Waals surface area contributed by atoms with E-state index in [1.54, 1.807) is 0 Å². The number of benzene rings is 1. The van der Waals surface area contributed by atoms with E-state index >= 15 is 0 Å². The maximum atomic E-state index is 12.1. The van der Waals surface area contributed by atoms with Crippen molar-refractivity contribution in [3.05, 3.63) is 47.8 Å². The number of ether oxygens (including phenoxy) is 1. The average Bonchev–Trinajstić information content (AvgIpc) is 2.47. The Balaban J connectivity index is 2.36. The van der Waals surface area contributed by atoms with E-state index in [0.717, 1.165) is 6.20 Å². The van der Waals surface area contributed by atoms with E-state index in [1.165, 1.54) is 37.6 Å². The first kappa shape index (κ1) is 14.3. The number of anilines is 1. The SMILES string of the molecule is COc1ccc(C(=O)O)c(NC(=O)c2ccncc2O)c1. The predicted octanol–water partition coefficient (Wildman–Crippen LogP) is 1.75. The van der Waals surface area contributed by atoms with Crippen LogP contribution >= 0.6 is 0 Å². The van der Waals surface area contributed by atoms with E-state index in [4.69, 9.17) is 9.84 Å². The molecule has 3 N–H and O–H groups in total. The molecule has 0 unspecified atom stereocenters. The van der Waals surface area contributed by atoms with Crippen molar-refractivity contribution in [2.75, 3.05) is 12.4 Å². The van der Waals surface area contributed by atoms with Crippen molar-refractivity contribution in [2.45, 2.75) is 0 Å². The third kappa shape index (κ3) is 3.08. The number of nitrogens with zero attached hydrogens (tertiary/aromatic N) is 1. The van der Waals surface area contributed by atoms with Crippen LogP contribution in [0.4, 0.5) is 5.69 Å². The number of nitrogens with one attached hydrogen (secondary N) is 1. The highest BCUT2D eigenvalue weighted by Gasteiger charge is 2.16. The number of carboxylic acids is 1. The molecule has 2 rings (SSSR count). The first-order valence-electron chi connectivity index (χ1n) is 5.88. The Morgan fingerprint density at radius 3 is 2.62 bits per heavy atom. The minimum absolute atomic E-state index is 0.0100. The number of rotatable bonds is 4. The summed E-state index contributed by atoms with van der Waals surface area (Å²) in [5.41, 5.74) is -0.0232. The fourth-order valence-electron chi connectivity index (χ4n) is 1.71. The molecule has 0 aliphatic carbocycles. The molecule has 0 spiro atoms. The average molecular weight is 288 g/mol. The number of aromatic carboxylic acids is 1. The summed E-state index contributed by atoms with van der Waals surface area (Å²) >= 11 is 0. The van der Waals surface area contributed by atoms with E-state index in [-0.39, 0.29) is 22.6 Å². The molecule has 0 aliphatic rings. The largest absolute Gasteiger partial charge is 0.505 e. The van der Waals surface area contributed by atoms with Crippen molar-refractivity contribution >= 4 is 17.6 Å². The van der Waals surface area contributed by atoms with Gasteiger partial charge in [0.25, 0.3) is 5.91 Å². The van der Waals surface area contributed by atoms with Gasteiger partial charge in [-0.25, -0.2) is 4.79 Å². The summed E-state index contributed by atoms with van der Waals surface area (Å²) in [5, 5.41) is 21.1. The van der Waals surface area contributed by atoms with Gasteiger partial charge >= 0.3 is 5.97 Å². The Morgan fingerprint density at radius 2 is 2.00 bits per heavy atom. The monoisotopic (exact) mass is 288 g/mol. The number of carbonyl (C=O) groups excluding carboxylic acids is 1. The van der Waals surface area contributed by atoms with Gasteiger partial charge in [0.05, 0.1) is 30.1 Å². The Morgan fingerprint density at radius 1 is 1.24 bits per heavy atom. The van der Waals surface area contributed by atoms with Gasteiger partial charge in [-0.15, -0.1) is 0 Å². The Hall–Kier alpha value is -3.09. The zero-order valence-corrected chi connectivity index (χ0v) is 11.0. The summed E-state index contributed by atoms with van der Waals surface area (Å²) < 4.78 is 5.00. The Bertz CT molecular complexity index is 700. The van der Waals surface area contributed by atoms with E-state index < -0.39 is 11.9 Å². The van der Waals surface area contributed by atoms with Gasteiger partial charge in [0.1, 0.15) is 11.5 Å². The number of aromatic nitrogens is 1. The summed E-state index contributed by atoms with van der Waals surface area (Å²) in [5.74, 6) is -1.73. The van der Waals surface area contributed by atoms with Crippen LogP contribution in [0.3, 0.4) is 0 Å². The quantitative estimate of drug-likeness (QED) is 0.790. The van der Waals surface area contributed by atoms with Gasteiger partial charge in [-0.3, -0.25) is 9.78 Å². The molecular weight excluding hydrogens is 276 g/mol. The maximum Gasteiger partial charge on any atom is 0.337 e. The molecule has 1 heterocycles. The second-order valence-electron chi connectivity index (χ2n) is 4.06. The van der Waals surface area contributed by atoms with Crippen molar-refractivity contribution in [1.82, 2.24) is 4.98 Å². The van der Waals surface area contributed by atoms with Gasteiger partial charge in [-0.1, -0.05) is 0 Å². The number of carbonyl (C=O) groups is 2. The first-order valence-corrected chi connectivity index (χ1v) is 5.88. The minimum atomic E-state index is -1.19. The summed E-state index contributed by atoms with van der Waals surface area (Å²) in [6, 6.07) is 5.51. The van der Waals surface area contributed by atoms with Crippen LogP contribution in [-0.4, -0.2) is 34.2 Å². The fraction of sp³-hybridized carbons (Fsp3) is 0.0714. The lowest BCUT2D eigenvalue weighted by Gasteiger charge is -2.10. The highest BCUT2D eigenvalue weighted by Crippen LogP contribution is 2.24. The van der Waals surface area contributed by atoms with E-state index in [2.05, 4.69) is 10.3 Å². The molecular formula is C14H12N2O5. The smallest absolute Gasteiger partial charge is 0.337 e. The second kappa shape index (κ2) is 5.91. The molecule has 0 fully saturated rings. The molecule has 7 nitrogen and oxygen atoms in total. The number of methoxy groups -OCH3 is 1. The minimum Gasteiger partial charge on any atom is -0.505 e. The molecule has 108 valence electrons. The Kier molecular flexibility index (Phi) is 4.03. The number of hydrogen-bond donors (Lipinski definition) is 3. The van der Waals surface area contributed by atoms with Crippen LogP contribution in [0.15, 0.2) is 36.7 Å². The van der Waals surface area contributed by atoms with Crippen LogP contribution in [0.2, 0.25) is 0 Å². The van der Waals surface area contributed by atoms with E-state index in [1.807, 2.05) is 0 Å². The van der Waals surface area contributed by atoms with Gasteiger partial charge in [-0.05, 0) is 18.2 Å². The topological polar surface area (TPSA) is 109 Å². The highest BCUT2D eigenvalue weighted by molar-refractivity contribution is 6.09. The first-order chi connectivity index (χ1) is 10.0. The third-order valence-electron chi connectivity index (χ3n) is 2.75. The van der Waals surface area contributed by atoms with Gasteiger partial charge in [0.2, 0.25) is 0 Å². The predicted molar refractivity (Wildman–Crippen MR) is 73.8 cm³/mol. The molecule has 1 aromatic heterocycles. The molecule has 0 bridgehead atoms. The van der Waals surface area contributed by atoms with Crippen LogP contribution in [-0.2, 0) is 0 Å². The normalized spacial score (nSPS) is 9.95. The number of amides is 1. The van der Waals surface area contributed by atoms with Gasteiger partial charge in [0, 0.05) is 12.3 Å². The lowest BCUT2D eigenvalue weighted by molar-refractivity contribution is 0.0698. The van der Waals surface area contributed by atoms with Crippen molar-refractivity contribution in [3.63, 3.8) is 0 Å². The zero-order valence-electron chi connectivity index (χ0n) is 11.0. The summed E-state index contributed by atoms with van der Waals surface area (Å²) in [6.45, 7) is 0.